The van der Waals surface area contributed by atoms with Crippen molar-refractivity contribution in [1.29, 1.82) is 0 Å². The summed E-state index contributed by atoms with van der Waals surface area (Å²) in [5, 5.41) is 1.13. The average Bonchev–Trinajstić information content (AvgIpc) is 3.42. The molecule has 2 aromatic heterocycles. The van der Waals surface area contributed by atoms with Gasteiger partial charge in [-0.2, -0.15) is 0 Å². The Labute approximate surface area is 200 Å². The van der Waals surface area contributed by atoms with Gasteiger partial charge in [0.2, 0.25) is 0 Å². The van der Waals surface area contributed by atoms with Gasteiger partial charge >= 0.3 is 0 Å². The van der Waals surface area contributed by atoms with Gasteiger partial charge in [0.1, 0.15) is 12.4 Å². The molecule has 33 heavy (non-hydrogen) atoms. The minimum Gasteiger partial charge on any atom is -0.487 e. The lowest BCUT2D eigenvalue weighted by Crippen LogP contribution is -2.19. The predicted octanol–water partition coefficient (Wildman–Crippen LogP) is 6.81. The van der Waals surface area contributed by atoms with Gasteiger partial charge in [-0.15, -0.1) is 0 Å². The zero-order valence-corrected chi connectivity index (χ0v) is 20.2. The highest BCUT2D eigenvalue weighted by atomic mass is 32.2. The van der Waals surface area contributed by atoms with Gasteiger partial charge in [0.05, 0.1) is 11.4 Å². The van der Waals surface area contributed by atoms with Crippen molar-refractivity contribution in [2.45, 2.75) is 45.0 Å². The molecule has 5 heteroatoms. The number of pyridine rings is 1. The van der Waals surface area contributed by atoms with Crippen LogP contribution in [-0.2, 0) is 13.2 Å². The molecule has 168 valence electrons. The lowest BCUT2D eigenvalue weighted by Gasteiger charge is -2.32. The standard InChI is InChI=1S/C28H29N3OS/c1-28(2,3)26(22-11-13-24(14-12-22)32-19-23-6-4-5-15-29-23)21-9-7-20(8-10-21)25-18-31-16-17-33-27(31)30-25/h4-15,18,26H,16-17,19H2,1-3H3. The Balaban J connectivity index is 1.35. The quantitative estimate of drug-likeness (QED) is 0.320. The van der Waals surface area contributed by atoms with Gasteiger partial charge in [-0.1, -0.05) is 75.0 Å². The van der Waals surface area contributed by atoms with Gasteiger partial charge in [0.25, 0.3) is 0 Å². The van der Waals surface area contributed by atoms with Crippen molar-refractivity contribution in [3.8, 4) is 17.0 Å². The Bertz CT molecular complexity index is 1190. The van der Waals surface area contributed by atoms with E-state index < -0.39 is 0 Å². The maximum Gasteiger partial charge on any atom is 0.168 e. The van der Waals surface area contributed by atoms with E-state index in [1.807, 2.05) is 30.0 Å². The molecule has 0 bridgehead atoms. The van der Waals surface area contributed by atoms with Crippen molar-refractivity contribution in [2.24, 2.45) is 5.41 Å². The van der Waals surface area contributed by atoms with Crippen molar-refractivity contribution in [3.63, 3.8) is 0 Å². The van der Waals surface area contributed by atoms with Gasteiger partial charge in [-0.25, -0.2) is 4.98 Å². The topological polar surface area (TPSA) is 39.9 Å². The average molecular weight is 456 g/mol. The normalized spacial score (nSPS) is 14.2. The highest BCUT2D eigenvalue weighted by molar-refractivity contribution is 7.99. The van der Waals surface area contributed by atoms with E-state index in [0.29, 0.717) is 6.61 Å². The van der Waals surface area contributed by atoms with E-state index in [2.05, 4.69) is 85.1 Å². The summed E-state index contributed by atoms with van der Waals surface area (Å²) in [6, 6.07) is 23.3. The Hall–Kier alpha value is -3.05. The SMILES string of the molecule is CC(C)(C)C(c1ccc(OCc2ccccn2)cc1)c1ccc(-c2cn3c(n2)SCC3)cc1. The summed E-state index contributed by atoms with van der Waals surface area (Å²) < 4.78 is 8.19. The van der Waals surface area contributed by atoms with Gasteiger partial charge in [0.15, 0.2) is 5.16 Å². The summed E-state index contributed by atoms with van der Waals surface area (Å²) in [7, 11) is 0. The number of hydrogen-bond acceptors (Lipinski definition) is 4. The number of aryl methyl sites for hydroxylation is 1. The third kappa shape index (κ3) is 4.83. The first-order chi connectivity index (χ1) is 16.0. The first-order valence-electron chi connectivity index (χ1n) is 11.4. The Morgan fingerprint density at radius 3 is 2.33 bits per heavy atom. The molecule has 4 aromatic rings. The lowest BCUT2D eigenvalue weighted by molar-refractivity contribution is 0.301. The van der Waals surface area contributed by atoms with Crippen LogP contribution in [0.25, 0.3) is 11.3 Å². The summed E-state index contributed by atoms with van der Waals surface area (Å²) in [5.41, 5.74) is 5.84. The molecule has 0 fully saturated rings. The second-order valence-corrected chi connectivity index (χ2v) is 10.6. The summed E-state index contributed by atoms with van der Waals surface area (Å²) in [6.07, 6.45) is 3.97. The number of thioether (sulfide) groups is 1. The van der Waals surface area contributed by atoms with Crippen LogP contribution in [0.5, 0.6) is 5.75 Å². The molecule has 0 spiro atoms. The molecule has 1 unspecified atom stereocenters. The minimum atomic E-state index is 0.0735. The molecule has 0 saturated heterocycles. The lowest BCUT2D eigenvalue weighted by atomic mass is 9.72. The summed E-state index contributed by atoms with van der Waals surface area (Å²) in [6.45, 7) is 8.43. The zero-order valence-electron chi connectivity index (χ0n) is 19.4. The number of rotatable bonds is 6. The van der Waals surface area contributed by atoms with E-state index in [4.69, 9.17) is 9.72 Å². The number of imidazole rings is 1. The van der Waals surface area contributed by atoms with Crippen LogP contribution in [0.4, 0.5) is 0 Å². The number of ether oxygens (including phenoxy) is 1. The van der Waals surface area contributed by atoms with Gasteiger partial charge in [-0.3, -0.25) is 4.98 Å². The molecule has 1 aliphatic heterocycles. The van der Waals surface area contributed by atoms with Crippen LogP contribution >= 0.6 is 11.8 Å². The summed E-state index contributed by atoms with van der Waals surface area (Å²) in [5.74, 6) is 2.26. The molecule has 1 aliphatic rings. The fourth-order valence-electron chi connectivity index (χ4n) is 4.48. The predicted molar refractivity (Wildman–Crippen MR) is 135 cm³/mol. The molecule has 2 aromatic carbocycles. The summed E-state index contributed by atoms with van der Waals surface area (Å²) >= 11 is 1.83. The van der Waals surface area contributed by atoms with E-state index in [1.165, 1.54) is 16.7 Å². The molecule has 0 aliphatic carbocycles. The fraction of sp³-hybridized carbons (Fsp3) is 0.286. The van der Waals surface area contributed by atoms with E-state index in [1.54, 1.807) is 6.20 Å². The number of nitrogens with zero attached hydrogens (tertiary/aromatic N) is 3. The smallest absolute Gasteiger partial charge is 0.168 e. The van der Waals surface area contributed by atoms with Gasteiger partial charge < -0.3 is 9.30 Å². The van der Waals surface area contributed by atoms with Crippen molar-refractivity contribution in [2.75, 3.05) is 5.75 Å². The summed E-state index contributed by atoms with van der Waals surface area (Å²) in [4.78, 5) is 9.12. The Kier molecular flexibility index (Phi) is 5.98. The van der Waals surface area contributed by atoms with Crippen LogP contribution < -0.4 is 4.74 Å². The van der Waals surface area contributed by atoms with Crippen LogP contribution in [0.3, 0.4) is 0 Å². The number of aromatic nitrogens is 3. The molecule has 0 amide bonds. The van der Waals surface area contributed by atoms with Crippen LogP contribution in [0, 0.1) is 5.41 Å². The molecule has 3 heterocycles. The highest BCUT2D eigenvalue weighted by Crippen LogP contribution is 2.41. The molecular formula is C28H29N3OS. The maximum absolute atomic E-state index is 5.94. The van der Waals surface area contributed by atoms with Crippen molar-refractivity contribution in [1.82, 2.24) is 14.5 Å². The molecule has 0 N–H and O–H groups in total. The van der Waals surface area contributed by atoms with Crippen molar-refractivity contribution >= 4 is 11.8 Å². The van der Waals surface area contributed by atoms with Crippen LogP contribution in [0.1, 0.15) is 43.5 Å². The van der Waals surface area contributed by atoms with Crippen molar-refractivity contribution < 1.29 is 4.74 Å². The Morgan fingerprint density at radius 1 is 0.970 bits per heavy atom. The second-order valence-electron chi connectivity index (χ2n) is 9.55. The number of hydrogen-bond donors (Lipinski definition) is 0. The van der Waals surface area contributed by atoms with Crippen LogP contribution in [-0.4, -0.2) is 20.3 Å². The van der Waals surface area contributed by atoms with E-state index in [-0.39, 0.29) is 11.3 Å². The van der Waals surface area contributed by atoms with E-state index >= 15 is 0 Å². The molecule has 0 saturated carbocycles. The first-order valence-corrected chi connectivity index (χ1v) is 12.4. The zero-order chi connectivity index (χ0) is 22.8. The molecular weight excluding hydrogens is 426 g/mol. The monoisotopic (exact) mass is 455 g/mol. The third-order valence-electron chi connectivity index (χ3n) is 6.04. The molecule has 1 atom stereocenters. The minimum absolute atomic E-state index is 0.0735. The molecule has 0 radical (unpaired) electrons. The van der Waals surface area contributed by atoms with Gasteiger partial charge in [-0.05, 0) is 40.8 Å². The third-order valence-corrected chi connectivity index (χ3v) is 7.01. The largest absolute Gasteiger partial charge is 0.487 e. The Morgan fingerprint density at radius 2 is 1.70 bits per heavy atom. The van der Waals surface area contributed by atoms with Crippen molar-refractivity contribution in [3.05, 3.63) is 95.9 Å². The fourth-order valence-corrected chi connectivity index (χ4v) is 5.43. The van der Waals surface area contributed by atoms with Crippen LogP contribution in [0.2, 0.25) is 0 Å². The highest BCUT2D eigenvalue weighted by Gasteiger charge is 2.28. The van der Waals surface area contributed by atoms with E-state index in [9.17, 15) is 0 Å². The van der Waals surface area contributed by atoms with Crippen LogP contribution in [0.15, 0.2) is 84.3 Å². The molecule has 4 nitrogen and oxygen atoms in total. The van der Waals surface area contributed by atoms with E-state index in [0.717, 1.165) is 34.6 Å². The van der Waals surface area contributed by atoms with Gasteiger partial charge in [0, 0.05) is 36.2 Å². The second kappa shape index (κ2) is 9.06. The number of fused-ring (bicyclic) bond motifs is 1. The maximum atomic E-state index is 5.94. The molecule has 5 rings (SSSR count). The first kappa shape index (κ1) is 21.8. The number of benzene rings is 2.